The smallest absolute Gasteiger partial charge is 0.166 e. The summed E-state index contributed by atoms with van der Waals surface area (Å²) in [5.74, 6) is -1.69. The van der Waals surface area contributed by atoms with Crippen LogP contribution in [0.1, 0.15) is 75.8 Å². The first-order chi connectivity index (χ1) is 18.0. The predicted molar refractivity (Wildman–Crippen MR) is 146 cm³/mol. The molecule has 1 aliphatic rings. The lowest BCUT2D eigenvalue weighted by Gasteiger charge is -2.28. The number of ether oxygens (including phenoxy) is 1. The normalized spacial score (nSPS) is 18.0. The molecule has 0 radical (unpaired) electrons. The molecule has 2 unspecified atom stereocenters. The average molecular weight is 507 g/mol. The van der Waals surface area contributed by atoms with E-state index in [9.17, 15) is 8.78 Å². The van der Waals surface area contributed by atoms with Crippen LogP contribution in [0.3, 0.4) is 0 Å². The van der Waals surface area contributed by atoms with Crippen molar-refractivity contribution in [3.8, 4) is 22.3 Å². The summed E-state index contributed by atoms with van der Waals surface area (Å²) < 4.78 is 50.6. The maximum atomic E-state index is 15.1. The number of allylic oxidation sites excluding steroid dienone is 1. The first-order valence-corrected chi connectivity index (χ1v) is 13.6. The van der Waals surface area contributed by atoms with E-state index in [0.717, 1.165) is 44.1 Å². The van der Waals surface area contributed by atoms with Gasteiger partial charge in [0, 0.05) is 17.0 Å². The van der Waals surface area contributed by atoms with E-state index < -0.39 is 11.6 Å². The van der Waals surface area contributed by atoms with Crippen molar-refractivity contribution in [1.29, 1.82) is 0 Å². The number of halogens is 3. The number of unbranched alkanes of at least 4 members (excludes halogenated alkanes) is 4. The van der Waals surface area contributed by atoms with E-state index in [4.69, 9.17) is 4.74 Å². The third kappa shape index (κ3) is 6.73. The Bertz CT molecular complexity index is 1190. The minimum Gasteiger partial charge on any atom is -0.374 e. The molecule has 1 heterocycles. The second-order valence-corrected chi connectivity index (χ2v) is 10.1. The van der Waals surface area contributed by atoms with E-state index >= 15 is 4.39 Å². The Morgan fingerprint density at radius 2 is 1.51 bits per heavy atom. The van der Waals surface area contributed by atoms with Crippen molar-refractivity contribution < 1.29 is 17.9 Å². The van der Waals surface area contributed by atoms with E-state index in [1.165, 1.54) is 6.42 Å². The van der Waals surface area contributed by atoms with Crippen molar-refractivity contribution in [2.75, 3.05) is 6.61 Å². The molecule has 37 heavy (non-hydrogen) atoms. The lowest BCUT2D eigenvalue weighted by molar-refractivity contribution is 0.0326. The monoisotopic (exact) mass is 506 g/mol. The van der Waals surface area contributed by atoms with Crippen LogP contribution >= 0.6 is 0 Å². The van der Waals surface area contributed by atoms with Gasteiger partial charge in [0.2, 0.25) is 0 Å². The van der Waals surface area contributed by atoms with Gasteiger partial charge >= 0.3 is 0 Å². The molecule has 1 saturated heterocycles. The number of benzene rings is 3. The highest BCUT2D eigenvalue weighted by Crippen LogP contribution is 2.33. The molecule has 0 aliphatic carbocycles. The van der Waals surface area contributed by atoms with Gasteiger partial charge in [-0.25, -0.2) is 13.2 Å². The van der Waals surface area contributed by atoms with Crippen LogP contribution < -0.4 is 0 Å². The fourth-order valence-electron chi connectivity index (χ4n) is 5.17. The van der Waals surface area contributed by atoms with Gasteiger partial charge < -0.3 is 4.74 Å². The SMILES string of the molecule is CC=CC1CCC(c2ccc(-c3ccc(-c4ccc(CCCCCCC)c(F)c4F)cc3)c(F)c2)CO1. The Morgan fingerprint density at radius 3 is 2.16 bits per heavy atom. The van der Waals surface area contributed by atoms with Crippen LogP contribution in [0, 0.1) is 17.5 Å². The van der Waals surface area contributed by atoms with Crippen LogP contribution in [-0.2, 0) is 11.2 Å². The van der Waals surface area contributed by atoms with Gasteiger partial charge in [0.25, 0.3) is 0 Å². The van der Waals surface area contributed by atoms with E-state index in [1.54, 1.807) is 48.5 Å². The van der Waals surface area contributed by atoms with Gasteiger partial charge in [0.05, 0.1) is 12.7 Å². The molecule has 196 valence electrons. The van der Waals surface area contributed by atoms with Crippen LogP contribution in [0.15, 0.2) is 66.7 Å². The summed E-state index contributed by atoms with van der Waals surface area (Å²) in [7, 11) is 0. The molecule has 1 nitrogen and oxygen atoms in total. The topological polar surface area (TPSA) is 9.23 Å². The second kappa shape index (κ2) is 13.1. The maximum Gasteiger partial charge on any atom is 0.166 e. The molecule has 4 heteroatoms. The van der Waals surface area contributed by atoms with Crippen molar-refractivity contribution in [2.45, 2.75) is 77.2 Å². The summed E-state index contributed by atoms with van der Waals surface area (Å²) >= 11 is 0. The van der Waals surface area contributed by atoms with Crippen molar-refractivity contribution >= 4 is 0 Å². The molecular weight excluding hydrogens is 469 g/mol. The van der Waals surface area contributed by atoms with Gasteiger partial charge in [-0.2, -0.15) is 0 Å². The molecule has 0 saturated carbocycles. The number of aryl methyl sites for hydroxylation is 1. The standard InChI is InChI=1S/C33H37F3O/c1-3-5-6-7-8-10-25-16-20-30(33(36)32(25)35)24-13-11-23(12-14-24)29-19-17-26(21-31(29)34)27-15-18-28(9-4-2)37-22-27/h4,9,11-14,16-17,19-21,27-28H,3,5-8,10,15,18,22H2,1-2H3. The Labute approximate surface area is 219 Å². The predicted octanol–water partition coefficient (Wildman–Crippen LogP) is 9.79. The zero-order valence-corrected chi connectivity index (χ0v) is 21.9. The first kappa shape index (κ1) is 27.2. The molecule has 0 N–H and O–H groups in total. The van der Waals surface area contributed by atoms with Crippen LogP contribution in [0.5, 0.6) is 0 Å². The summed E-state index contributed by atoms with van der Waals surface area (Å²) in [6.07, 6.45) is 12.0. The van der Waals surface area contributed by atoms with Gasteiger partial charge in [0.1, 0.15) is 5.82 Å². The van der Waals surface area contributed by atoms with Crippen molar-refractivity contribution in [1.82, 2.24) is 0 Å². The van der Waals surface area contributed by atoms with E-state index in [1.807, 2.05) is 19.1 Å². The van der Waals surface area contributed by atoms with Crippen molar-refractivity contribution in [3.05, 3.63) is 95.3 Å². The first-order valence-electron chi connectivity index (χ1n) is 13.6. The minimum absolute atomic E-state index is 0.147. The van der Waals surface area contributed by atoms with Crippen LogP contribution in [0.25, 0.3) is 22.3 Å². The summed E-state index contributed by atoms with van der Waals surface area (Å²) in [6, 6.07) is 15.7. The molecule has 3 aromatic carbocycles. The number of rotatable bonds is 10. The Balaban J connectivity index is 1.44. The van der Waals surface area contributed by atoms with Crippen molar-refractivity contribution in [2.24, 2.45) is 0 Å². The minimum atomic E-state index is -0.819. The lowest BCUT2D eigenvalue weighted by atomic mass is 9.89. The third-order valence-electron chi connectivity index (χ3n) is 7.40. The highest BCUT2D eigenvalue weighted by atomic mass is 19.2. The average Bonchev–Trinajstić information content (AvgIpc) is 2.92. The van der Waals surface area contributed by atoms with E-state index in [-0.39, 0.29) is 23.4 Å². The van der Waals surface area contributed by atoms with E-state index in [0.29, 0.717) is 35.3 Å². The van der Waals surface area contributed by atoms with Crippen LogP contribution in [0.4, 0.5) is 13.2 Å². The lowest BCUT2D eigenvalue weighted by Crippen LogP contribution is -2.23. The molecule has 4 rings (SSSR count). The third-order valence-corrected chi connectivity index (χ3v) is 7.40. The largest absolute Gasteiger partial charge is 0.374 e. The number of hydrogen-bond donors (Lipinski definition) is 0. The molecule has 0 spiro atoms. The Morgan fingerprint density at radius 1 is 0.811 bits per heavy atom. The van der Waals surface area contributed by atoms with Crippen molar-refractivity contribution in [3.63, 3.8) is 0 Å². The molecule has 2 atom stereocenters. The summed E-state index contributed by atoms with van der Waals surface area (Å²) in [5, 5.41) is 0. The van der Waals surface area contributed by atoms with Crippen LogP contribution in [-0.4, -0.2) is 12.7 Å². The zero-order valence-electron chi connectivity index (χ0n) is 21.9. The quantitative estimate of drug-likeness (QED) is 0.196. The number of hydrogen-bond acceptors (Lipinski definition) is 1. The van der Waals surface area contributed by atoms with Gasteiger partial charge in [-0.3, -0.25) is 0 Å². The zero-order chi connectivity index (χ0) is 26.2. The van der Waals surface area contributed by atoms with Crippen LogP contribution in [0.2, 0.25) is 0 Å². The van der Waals surface area contributed by atoms with Gasteiger partial charge in [-0.15, -0.1) is 0 Å². The van der Waals surface area contributed by atoms with Gasteiger partial charge in [-0.1, -0.05) is 93.3 Å². The summed E-state index contributed by atoms with van der Waals surface area (Å²) in [6.45, 7) is 4.72. The van der Waals surface area contributed by atoms with Gasteiger partial charge in [-0.05, 0) is 60.9 Å². The molecule has 0 bridgehead atoms. The molecule has 0 amide bonds. The molecule has 0 aromatic heterocycles. The fraction of sp³-hybridized carbons (Fsp3) is 0.394. The Hall–Kier alpha value is -2.85. The summed E-state index contributed by atoms with van der Waals surface area (Å²) in [4.78, 5) is 0. The molecule has 1 aliphatic heterocycles. The molecule has 1 fully saturated rings. The van der Waals surface area contributed by atoms with Gasteiger partial charge in [0.15, 0.2) is 11.6 Å². The fourth-order valence-corrected chi connectivity index (χ4v) is 5.17. The molecular formula is C33H37F3O. The highest BCUT2D eigenvalue weighted by Gasteiger charge is 2.22. The Kier molecular flexibility index (Phi) is 9.62. The second-order valence-electron chi connectivity index (χ2n) is 10.1. The molecule has 3 aromatic rings. The maximum absolute atomic E-state index is 15.1. The van der Waals surface area contributed by atoms with E-state index in [2.05, 4.69) is 13.0 Å². The highest BCUT2D eigenvalue weighted by molar-refractivity contribution is 5.71. The summed E-state index contributed by atoms with van der Waals surface area (Å²) in [5.41, 5.74) is 3.36.